The third-order valence-corrected chi connectivity index (χ3v) is 4.23. The van der Waals surface area contributed by atoms with Gasteiger partial charge in [0.05, 0.1) is 19.4 Å². The minimum atomic E-state index is -0.486. The van der Waals surface area contributed by atoms with Crippen molar-refractivity contribution in [3.63, 3.8) is 0 Å². The lowest BCUT2D eigenvalue weighted by molar-refractivity contribution is -0.148. The first-order valence-corrected chi connectivity index (χ1v) is 8.52. The number of carbonyl (C=O) groups is 3. The smallest absolute Gasteiger partial charge is 0.311 e. The van der Waals surface area contributed by atoms with Crippen LogP contribution >= 0.6 is 0 Å². The zero-order chi connectivity index (χ0) is 17.4. The van der Waals surface area contributed by atoms with Crippen molar-refractivity contribution in [1.82, 2.24) is 0 Å². The van der Waals surface area contributed by atoms with E-state index in [0.717, 1.165) is 12.8 Å². The number of benzene rings is 1. The molecule has 0 heterocycles. The zero-order valence-corrected chi connectivity index (χ0v) is 14.1. The fourth-order valence-corrected chi connectivity index (χ4v) is 2.78. The highest BCUT2D eigenvalue weighted by molar-refractivity contribution is 5.94. The number of carbonyl (C=O) groups excluding carboxylic acids is 3. The van der Waals surface area contributed by atoms with Crippen molar-refractivity contribution in [2.45, 2.75) is 51.9 Å². The van der Waals surface area contributed by atoms with Gasteiger partial charge in [0.1, 0.15) is 5.75 Å². The molecule has 130 valence electrons. The van der Waals surface area contributed by atoms with Gasteiger partial charge in [-0.05, 0) is 49.9 Å². The summed E-state index contributed by atoms with van der Waals surface area (Å²) < 4.78 is 10.4. The average Bonchev–Trinajstić information content (AvgIpc) is 2.59. The zero-order valence-electron chi connectivity index (χ0n) is 14.1. The molecule has 0 aromatic heterocycles. The highest BCUT2D eigenvalue weighted by Gasteiger charge is 2.16. The van der Waals surface area contributed by atoms with E-state index in [2.05, 4.69) is 0 Å². The largest absolute Gasteiger partial charge is 0.465 e. The lowest BCUT2D eigenvalue weighted by atomic mass is 9.90. The number of hydrogen-bond acceptors (Lipinski definition) is 5. The Morgan fingerprint density at radius 3 is 2.21 bits per heavy atom. The van der Waals surface area contributed by atoms with E-state index in [-0.39, 0.29) is 24.6 Å². The van der Waals surface area contributed by atoms with Crippen LogP contribution in [0.15, 0.2) is 24.3 Å². The van der Waals surface area contributed by atoms with Crippen LogP contribution in [-0.2, 0) is 14.3 Å². The van der Waals surface area contributed by atoms with Crippen LogP contribution in [0.2, 0.25) is 0 Å². The predicted octanol–water partition coefficient (Wildman–Crippen LogP) is 3.70. The lowest BCUT2D eigenvalue weighted by Gasteiger charge is -2.20. The van der Waals surface area contributed by atoms with Crippen LogP contribution in [-0.4, -0.2) is 24.3 Å². The summed E-state index contributed by atoms with van der Waals surface area (Å²) in [6.45, 7) is 1.93. The molecule has 2 rings (SSSR count). The second-order valence-electron chi connectivity index (χ2n) is 6.24. The van der Waals surface area contributed by atoms with Gasteiger partial charge in [0, 0.05) is 5.56 Å². The third kappa shape index (κ3) is 6.14. The molecule has 1 saturated carbocycles. The summed E-state index contributed by atoms with van der Waals surface area (Å²) in [5, 5.41) is 0. The highest BCUT2D eigenvalue weighted by atomic mass is 16.5. The molecule has 0 unspecified atom stereocenters. The van der Waals surface area contributed by atoms with Crippen LogP contribution in [0.3, 0.4) is 0 Å². The summed E-state index contributed by atoms with van der Waals surface area (Å²) in [5.41, 5.74) is 0.557. The van der Waals surface area contributed by atoms with E-state index < -0.39 is 5.97 Å². The molecule has 0 saturated heterocycles. The fraction of sp³-hybridized carbons (Fsp3) is 0.526. The SMILES string of the molecule is CC(=O)c1ccc(OC(=O)CCC(=O)OCC2CCCCC2)cc1. The van der Waals surface area contributed by atoms with E-state index in [1.807, 2.05) is 0 Å². The van der Waals surface area contributed by atoms with Crippen molar-refractivity contribution in [3.8, 4) is 5.75 Å². The van der Waals surface area contributed by atoms with Crippen LogP contribution in [0, 0.1) is 5.92 Å². The van der Waals surface area contributed by atoms with Crippen molar-refractivity contribution in [2.24, 2.45) is 5.92 Å². The van der Waals surface area contributed by atoms with Crippen molar-refractivity contribution in [2.75, 3.05) is 6.61 Å². The predicted molar refractivity (Wildman–Crippen MR) is 88.8 cm³/mol. The fourth-order valence-electron chi connectivity index (χ4n) is 2.78. The number of rotatable bonds is 7. The maximum absolute atomic E-state index is 11.7. The van der Waals surface area contributed by atoms with Crippen LogP contribution in [0.25, 0.3) is 0 Å². The Labute approximate surface area is 142 Å². The minimum absolute atomic E-state index is 0.0159. The number of esters is 2. The average molecular weight is 332 g/mol. The number of hydrogen-bond donors (Lipinski definition) is 0. The molecule has 1 aromatic carbocycles. The van der Waals surface area contributed by atoms with Gasteiger partial charge in [-0.15, -0.1) is 0 Å². The van der Waals surface area contributed by atoms with Gasteiger partial charge >= 0.3 is 11.9 Å². The van der Waals surface area contributed by atoms with Crippen molar-refractivity contribution >= 4 is 17.7 Å². The monoisotopic (exact) mass is 332 g/mol. The number of ketones is 1. The second kappa shape index (κ2) is 9.21. The van der Waals surface area contributed by atoms with Crippen LogP contribution in [0.5, 0.6) is 5.75 Å². The van der Waals surface area contributed by atoms with Gasteiger partial charge in [-0.1, -0.05) is 19.3 Å². The summed E-state index contributed by atoms with van der Waals surface area (Å²) in [5.74, 6) is -0.0618. The summed E-state index contributed by atoms with van der Waals surface area (Å²) in [6.07, 6.45) is 5.92. The molecule has 0 atom stereocenters. The Morgan fingerprint density at radius 1 is 0.958 bits per heavy atom. The Morgan fingerprint density at radius 2 is 1.58 bits per heavy atom. The minimum Gasteiger partial charge on any atom is -0.465 e. The highest BCUT2D eigenvalue weighted by Crippen LogP contribution is 2.23. The summed E-state index contributed by atoms with van der Waals surface area (Å²) in [7, 11) is 0. The third-order valence-electron chi connectivity index (χ3n) is 4.23. The van der Waals surface area contributed by atoms with Crippen molar-refractivity contribution in [3.05, 3.63) is 29.8 Å². The van der Waals surface area contributed by atoms with Crippen LogP contribution < -0.4 is 4.74 Å². The maximum Gasteiger partial charge on any atom is 0.311 e. The Balaban J connectivity index is 1.66. The molecular weight excluding hydrogens is 308 g/mol. The normalized spacial score (nSPS) is 14.9. The summed E-state index contributed by atoms with van der Waals surface area (Å²) in [4.78, 5) is 34.6. The first-order chi connectivity index (χ1) is 11.5. The number of ether oxygens (including phenoxy) is 2. The van der Waals surface area contributed by atoms with Gasteiger partial charge in [-0.3, -0.25) is 14.4 Å². The molecule has 0 N–H and O–H groups in total. The topological polar surface area (TPSA) is 69.7 Å². The van der Waals surface area contributed by atoms with Crippen molar-refractivity contribution in [1.29, 1.82) is 0 Å². The van der Waals surface area contributed by atoms with Crippen LogP contribution in [0.4, 0.5) is 0 Å². The molecule has 1 fully saturated rings. The first-order valence-electron chi connectivity index (χ1n) is 8.52. The molecule has 0 radical (unpaired) electrons. The molecule has 0 bridgehead atoms. The van der Waals surface area contributed by atoms with Gasteiger partial charge in [0.15, 0.2) is 5.78 Å². The molecule has 0 amide bonds. The number of Topliss-reactive ketones (excluding diaryl/α,β-unsaturated/α-hetero) is 1. The van der Waals surface area contributed by atoms with E-state index in [4.69, 9.17) is 9.47 Å². The quantitative estimate of drug-likeness (QED) is 0.432. The van der Waals surface area contributed by atoms with E-state index in [0.29, 0.717) is 23.8 Å². The van der Waals surface area contributed by atoms with Gasteiger partial charge in [-0.25, -0.2) is 0 Å². The molecule has 0 spiro atoms. The summed E-state index contributed by atoms with van der Waals surface area (Å²) >= 11 is 0. The molecule has 1 aliphatic rings. The molecule has 24 heavy (non-hydrogen) atoms. The Bertz CT molecular complexity index is 570. The van der Waals surface area contributed by atoms with Crippen molar-refractivity contribution < 1.29 is 23.9 Å². The van der Waals surface area contributed by atoms with E-state index >= 15 is 0 Å². The molecule has 5 heteroatoms. The van der Waals surface area contributed by atoms with E-state index in [1.54, 1.807) is 24.3 Å². The molecule has 1 aliphatic carbocycles. The van der Waals surface area contributed by atoms with Crippen LogP contribution in [0.1, 0.15) is 62.2 Å². The van der Waals surface area contributed by atoms with Gasteiger partial charge in [-0.2, -0.15) is 0 Å². The standard InChI is InChI=1S/C19H24O5/c1-14(20)16-7-9-17(10-8-16)24-19(22)12-11-18(21)23-13-15-5-3-2-4-6-15/h7-10,15H,2-6,11-13H2,1H3. The molecule has 1 aromatic rings. The maximum atomic E-state index is 11.7. The Hall–Kier alpha value is -2.17. The van der Waals surface area contributed by atoms with Gasteiger partial charge < -0.3 is 9.47 Å². The van der Waals surface area contributed by atoms with Gasteiger partial charge in [0.25, 0.3) is 0 Å². The van der Waals surface area contributed by atoms with E-state index in [1.165, 1.54) is 26.2 Å². The first kappa shape index (κ1) is 18.2. The summed E-state index contributed by atoms with van der Waals surface area (Å²) in [6, 6.07) is 6.33. The molecule has 0 aliphatic heterocycles. The molecular formula is C19H24O5. The molecule has 5 nitrogen and oxygen atoms in total. The van der Waals surface area contributed by atoms with Gasteiger partial charge in [0.2, 0.25) is 0 Å². The second-order valence-corrected chi connectivity index (χ2v) is 6.24. The lowest BCUT2D eigenvalue weighted by Crippen LogP contribution is -2.18. The van der Waals surface area contributed by atoms with E-state index in [9.17, 15) is 14.4 Å². The Kier molecular flexibility index (Phi) is 6.97.